The number of rotatable bonds is 4. The minimum Gasteiger partial charge on any atom is -0.324 e. The Balaban J connectivity index is 0.00000106. The quantitative estimate of drug-likeness (QED) is 0.903. The normalized spacial score (nSPS) is 18.3. The molecule has 114 valence electrons. The molecule has 2 nitrogen and oxygen atoms in total. The van der Waals surface area contributed by atoms with Crippen LogP contribution in [-0.4, -0.2) is 12.3 Å². The lowest BCUT2D eigenvalue weighted by molar-refractivity contribution is -0.118. The van der Waals surface area contributed by atoms with E-state index in [0.29, 0.717) is 5.92 Å². The van der Waals surface area contributed by atoms with Crippen molar-refractivity contribution in [2.75, 3.05) is 6.54 Å². The molecule has 2 rings (SSSR count). The van der Waals surface area contributed by atoms with Crippen LogP contribution in [0.4, 0.5) is 0 Å². The van der Waals surface area contributed by atoms with Crippen molar-refractivity contribution in [3.63, 3.8) is 0 Å². The van der Waals surface area contributed by atoms with Crippen LogP contribution in [0.25, 0.3) is 0 Å². The Morgan fingerprint density at radius 3 is 2.33 bits per heavy atom. The number of aryl methyl sites for hydroxylation is 1. The highest BCUT2D eigenvalue weighted by Crippen LogP contribution is 2.38. The molecule has 0 amide bonds. The third kappa shape index (κ3) is 3.70. The molecule has 1 aromatic carbocycles. The van der Waals surface area contributed by atoms with E-state index >= 15 is 0 Å². The van der Waals surface area contributed by atoms with Crippen LogP contribution in [-0.2, 0) is 4.79 Å². The van der Waals surface area contributed by atoms with Crippen molar-refractivity contribution >= 4 is 5.78 Å². The second-order valence-corrected chi connectivity index (χ2v) is 5.25. The maximum Gasteiger partial charge on any atom is 0.157 e. The zero-order valence-electron chi connectivity index (χ0n) is 13.8. The lowest BCUT2D eigenvalue weighted by Gasteiger charge is -2.23. The summed E-state index contributed by atoms with van der Waals surface area (Å²) < 4.78 is 0. The average molecular weight is 285 g/mol. The first-order chi connectivity index (χ1) is 10.1. The van der Waals surface area contributed by atoms with Gasteiger partial charge in [0, 0.05) is 0 Å². The molecule has 0 bridgehead atoms. The van der Waals surface area contributed by atoms with Gasteiger partial charge in [-0.25, -0.2) is 0 Å². The van der Waals surface area contributed by atoms with E-state index in [9.17, 15) is 4.79 Å². The molecule has 1 aliphatic carbocycles. The number of benzene rings is 1. The van der Waals surface area contributed by atoms with Crippen molar-refractivity contribution in [2.45, 2.75) is 40.5 Å². The van der Waals surface area contributed by atoms with Gasteiger partial charge in [-0.15, -0.1) is 0 Å². The third-order valence-electron chi connectivity index (χ3n) is 3.91. The SMILES string of the molecule is CC.CC1=C(C(C(=O)CN)c2ccccc2C)C(C)C=C1. The van der Waals surface area contributed by atoms with Crippen molar-refractivity contribution in [1.29, 1.82) is 0 Å². The van der Waals surface area contributed by atoms with Gasteiger partial charge in [-0.3, -0.25) is 4.79 Å². The largest absolute Gasteiger partial charge is 0.324 e. The van der Waals surface area contributed by atoms with Crippen LogP contribution in [0.2, 0.25) is 0 Å². The average Bonchev–Trinajstić information content (AvgIpc) is 2.83. The van der Waals surface area contributed by atoms with Crippen LogP contribution in [0.3, 0.4) is 0 Å². The van der Waals surface area contributed by atoms with Crippen molar-refractivity contribution in [1.82, 2.24) is 0 Å². The van der Waals surface area contributed by atoms with Crippen molar-refractivity contribution in [2.24, 2.45) is 11.7 Å². The maximum atomic E-state index is 12.4. The van der Waals surface area contributed by atoms with E-state index in [1.165, 1.54) is 11.1 Å². The van der Waals surface area contributed by atoms with Gasteiger partial charge in [0.05, 0.1) is 12.5 Å². The van der Waals surface area contributed by atoms with E-state index in [2.05, 4.69) is 39.0 Å². The number of hydrogen-bond acceptors (Lipinski definition) is 2. The zero-order valence-corrected chi connectivity index (χ0v) is 13.8. The molecule has 0 spiro atoms. The molecule has 0 aliphatic heterocycles. The molecule has 0 saturated heterocycles. The number of carbonyl (C=O) groups is 1. The van der Waals surface area contributed by atoms with Crippen LogP contribution < -0.4 is 5.73 Å². The van der Waals surface area contributed by atoms with Crippen molar-refractivity contribution in [3.05, 3.63) is 58.7 Å². The fourth-order valence-electron chi connectivity index (χ4n) is 2.88. The van der Waals surface area contributed by atoms with Gasteiger partial charge in [-0.2, -0.15) is 0 Å². The Bertz CT molecular complexity index is 554. The summed E-state index contributed by atoms with van der Waals surface area (Å²) in [5.41, 5.74) is 10.3. The zero-order chi connectivity index (χ0) is 16.0. The van der Waals surface area contributed by atoms with Gasteiger partial charge in [-0.1, -0.05) is 62.8 Å². The fourth-order valence-corrected chi connectivity index (χ4v) is 2.88. The Hall–Kier alpha value is -1.67. The predicted molar refractivity (Wildman–Crippen MR) is 90.3 cm³/mol. The summed E-state index contributed by atoms with van der Waals surface area (Å²) in [5.74, 6) is 0.204. The molecule has 0 aromatic heterocycles. The number of carbonyl (C=O) groups excluding carboxylic acids is 1. The van der Waals surface area contributed by atoms with Gasteiger partial charge < -0.3 is 5.73 Å². The smallest absolute Gasteiger partial charge is 0.157 e. The summed E-state index contributed by atoms with van der Waals surface area (Å²) in [6.45, 7) is 10.3. The van der Waals surface area contributed by atoms with E-state index in [-0.39, 0.29) is 18.2 Å². The highest BCUT2D eigenvalue weighted by Gasteiger charge is 2.30. The van der Waals surface area contributed by atoms with Gasteiger partial charge >= 0.3 is 0 Å². The number of ketones is 1. The summed E-state index contributed by atoms with van der Waals surface area (Å²) in [6.07, 6.45) is 4.26. The topological polar surface area (TPSA) is 43.1 Å². The Labute approximate surface area is 128 Å². The van der Waals surface area contributed by atoms with E-state index in [4.69, 9.17) is 5.73 Å². The molecule has 0 saturated carbocycles. The van der Waals surface area contributed by atoms with Gasteiger partial charge in [0.2, 0.25) is 0 Å². The molecule has 21 heavy (non-hydrogen) atoms. The summed E-state index contributed by atoms with van der Waals surface area (Å²) in [4.78, 5) is 12.4. The Morgan fingerprint density at radius 2 is 1.86 bits per heavy atom. The number of allylic oxidation sites excluding steroid dienone is 4. The van der Waals surface area contributed by atoms with Gasteiger partial charge in [0.1, 0.15) is 0 Å². The summed E-state index contributed by atoms with van der Waals surface area (Å²) in [5, 5.41) is 0. The van der Waals surface area contributed by atoms with E-state index < -0.39 is 0 Å². The molecular weight excluding hydrogens is 258 g/mol. The molecule has 2 heteroatoms. The molecule has 2 unspecified atom stereocenters. The van der Waals surface area contributed by atoms with Gasteiger partial charge in [0.15, 0.2) is 5.78 Å². The lowest BCUT2D eigenvalue weighted by Crippen LogP contribution is -2.25. The van der Waals surface area contributed by atoms with Crippen LogP contribution in [0.1, 0.15) is 44.7 Å². The summed E-state index contributed by atoms with van der Waals surface area (Å²) >= 11 is 0. The first kappa shape index (κ1) is 17.4. The van der Waals surface area contributed by atoms with E-state index in [1.807, 2.05) is 32.0 Å². The van der Waals surface area contributed by atoms with Gasteiger partial charge in [0.25, 0.3) is 0 Å². The van der Waals surface area contributed by atoms with Crippen molar-refractivity contribution < 1.29 is 4.79 Å². The number of nitrogens with two attached hydrogens (primary N) is 1. The Kier molecular flexibility index (Phi) is 6.57. The molecule has 0 radical (unpaired) electrons. The highest BCUT2D eigenvalue weighted by atomic mass is 16.1. The molecule has 2 atom stereocenters. The molecule has 2 N–H and O–H groups in total. The first-order valence-electron chi connectivity index (χ1n) is 7.73. The molecule has 0 fully saturated rings. The van der Waals surface area contributed by atoms with E-state index in [1.54, 1.807) is 0 Å². The second kappa shape index (κ2) is 7.94. The standard InChI is InChI=1S/C17H21NO.C2H6/c1-11-6-4-5-7-14(11)17(15(19)10-18)16-12(2)8-9-13(16)3;1-2/h4-9,12,17H,10,18H2,1-3H3;1-2H3. The summed E-state index contributed by atoms with van der Waals surface area (Å²) in [7, 11) is 0. The number of hydrogen-bond donors (Lipinski definition) is 1. The second-order valence-electron chi connectivity index (χ2n) is 5.25. The molecule has 1 aromatic rings. The molecule has 0 heterocycles. The maximum absolute atomic E-state index is 12.4. The first-order valence-corrected chi connectivity index (χ1v) is 7.73. The predicted octanol–water partition coefficient (Wildman–Crippen LogP) is 4.16. The molecule has 1 aliphatic rings. The minimum absolute atomic E-state index is 0.0858. The third-order valence-corrected chi connectivity index (χ3v) is 3.91. The highest BCUT2D eigenvalue weighted by molar-refractivity contribution is 5.91. The van der Waals surface area contributed by atoms with E-state index in [0.717, 1.165) is 11.1 Å². The van der Waals surface area contributed by atoms with Crippen LogP contribution in [0.15, 0.2) is 47.6 Å². The monoisotopic (exact) mass is 285 g/mol. The Morgan fingerprint density at radius 1 is 1.24 bits per heavy atom. The fraction of sp³-hybridized carbons (Fsp3) is 0.421. The minimum atomic E-state index is -0.198. The van der Waals surface area contributed by atoms with Crippen LogP contribution >= 0.6 is 0 Å². The van der Waals surface area contributed by atoms with Crippen LogP contribution in [0, 0.1) is 12.8 Å². The van der Waals surface area contributed by atoms with Crippen LogP contribution in [0.5, 0.6) is 0 Å². The van der Waals surface area contributed by atoms with Crippen molar-refractivity contribution in [3.8, 4) is 0 Å². The molecular formula is C19H27NO. The summed E-state index contributed by atoms with van der Waals surface area (Å²) in [6, 6.07) is 8.08. The van der Waals surface area contributed by atoms with Gasteiger partial charge in [-0.05, 0) is 36.5 Å². The lowest BCUT2D eigenvalue weighted by atomic mass is 9.80. The number of Topliss-reactive ketones (excluding diaryl/α,β-unsaturated/α-hetero) is 1.